The lowest BCUT2D eigenvalue weighted by Gasteiger charge is -2.30. The van der Waals surface area contributed by atoms with Gasteiger partial charge >= 0.3 is 0 Å². The van der Waals surface area contributed by atoms with Crippen molar-refractivity contribution < 1.29 is 9.90 Å². The van der Waals surface area contributed by atoms with Crippen LogP contribution in [0.3, 0.4) is 0 Å². The van der Waals surface area contributed by atoms with Crippen molar-refractivity contribution in [2.24, 2.45) is 11.0 Å². The molecular weight excluding hydrogens is 298 g/mol. The van der Waals surface area contributed by atoms with Crippen LogP contribution in [0.4, 0.5) is 0 Å². The Morgan fingerprint density at radius 3 is 2.64 bits per heavy atom. The zero-order chi connectivity index (χ0) is 15.9. The number of aromatic carboxylic acids is 1. The van der Waals surface area contributed by atoms with Crippen LogP contribution in [-0.2, 0) is 0 Å². The number of benzene rings is 1. The number of carboxylic acid groups (broad SMARTS) is 1. The molecule has 0 spiro atoms. The second-order valence-electron chi connectivity index (χ2n) is 5.62. The number of hydrogen-bond acceptors (Lipinski definition) is 4. The Morgan fingerprint density at radius 2 is 2.00 bits per heavy atom. The van der Waals surface area contributed by atoms with Crippen molar-refractivity contribution >= 4 is 29.5 Å². The number of hydrazone groups is 1. The number of carbonyl (C=O) groups is 1. The fourth-order valence-corrected chi connectivity index (χ4v) is 2.81. The van der Waals surface area contributed by atoms with Gasteiger partial charge in [0, 0.05) is 6.04 Å². The molecule has 0 radical (unpaired) electrons. The van der Waals surface area contributed by atoms with Gasteiger partial charge in [-0.1, -0.05) is 44.0 Å². The fourth-order valence-electron chi connectivity index (χ4n) is 2.60. The second kappa shape index (κ2) is 7.89. The Kier molecular flexibility index (Phi) is 5.89. The second-order valence-corrected chi connectivity index (χ2v) is 6.03. The molecule has 0 aromatic heterocycles. The van der Waals surface area contributed by atoms with Crippen molar-refractivity contribution in [3.63, 3.8) is 0 Å². The maximum atomic E-state index is 10.6. The molecule has 0 heterocycles. The van der Waals surface area contributed by atoms with Crippen LogP contribution < -0.4 is 15.8 Å². The number of nitrogens with one attached hydrogen (secondary N) is 2. The summed E-state index contributed by atoms with van der Waals surface area (Å²) in [6.07, 6.45) is 6.49. The molecular formula is C16H20N3O2S-. The highest BCUT2D eigenvalue weighted by molar-refractivity contribution is 7.80. The molecule has 1 saturated carbocycles. The van der Waals surface area contributed by atoms with Crippen molar-refractivity contribution in [2.75, 3.05) is 0 Å². The van der Waals surface area contributed by atoms with E-state index in [2.05, 4.69) is 22.8 Å². The third-order valence-corrected chi connectivity index (χ3v) is 4.16. The molecule has 2 atom stereocenters. The summed E-state index contributed by atoms with van der Waals surface area (Å²) >= 11 is 5.24. The van der Waals surface area contributed by atoms with E-state index in [9.17, 15) is 9.90 Å². The first-order valence-corrected chi connectivity index (χ1v) is 7.88. The lowest BCUT2D eigenvalue weighted by atomic mass is 9.86. The molecule has 1 aromatic carbocycles. The summed E-state index contributed by atoms with van der Waals surface area (Å²) in [5, 5.41) is 18.5. The molecule has 22 heavy (non-hydrogen) atoms. The van der Waals surface area contributed by atoms with Crippen LogP contribution in [0.15, 0.2) is 29.4 Å². The smallest absolute Gasteiger partial charge is 0.187 e. The van der Waals surface area contributed by atoms with Crippen molar-refractivity contribution in [3.8, 4) is 0 Å². The Bertz CT molecular complexity index is 557. The molecule has 1 aliphatic rings. The summed E-state index contributed by atoms with van der Waals surface area (Å²) in [6.45, 7) is 2.24. The molecule has 2 rings (SSSR count). The van der Waals surface area contributed by atoms with Gasteiger partial charge < -0.3 is 15.2 Å². The normalized spacial score (nSPS) is 21.5. The van der Waals surface area contributed by atoms with Crippen LogP contribution in [-0.4, -0.2) is 23.3 Å². The molecule has 5 nitrogen and oxygen atoms in total. The van der Waals surface area contributed by atoms with Gasteiger partial charge in [0.25, 0.3) is 0 Å². The molecule has 0 amide bonds. The van der Waals surface area contributed by atoms with E-state index in [1.165, 1.54) is 31.4 Å². The maximum absolute atomic E-state index is 10.6. The molecule has 1 fully saturated rings. The molecule has 1 aromatic rings. The largest absolute Gasteiger partial charge is 0.545 e. The Morgan fingerprint density at radius 1 is 1.32 bits per heavy atom. The lowest BCUT2D eigenvalue weighted by Crippen LogP contribution is -2.44. The van der Waals surface area contributed by atoms with Crippen LogP contribution in [0.2, 0.25) is 0 Å². The molecule has 6 heteroatoms. The number of nitrogens with zero attached hydrogens (tertiary/aromatic N) is 1. The molecule has 2 N–H and O–H groups in total. The topological polar surface area (TPSA) is 76.5 Å². The highest BCUT2D eigenvalue weighted by atomic mass is 32.1. The summed E-state index contributed by atoms with van der Waals surface area (Å²) in [5.41, 5.74) is 3.73. The Labute approximate surface area is 135 Å². The van der Waals surface area contributed by atoms with Gasteiger partial charge in [0.15, 0.2) is 5.11 Å². The van der Waals surface area contributed by atoms with Crippen molar-refractivity contribution in [2.45, 2.75) is 38.6 Å². The zero-order valence-electron chi connectivity index (χ0n) is 12.5. The minimum atomic E-state index is -1.19. The number of rotatable bonds is 4. The van der Waals surface area contributed by atoms with E-state index in [4.69, 9.17) is 12.2 Å². The van der Waals surface area contributed by atoms with Crippen LogP contribution in [0.25, 0.3) is 0 Å². The van der Waals surface area contributed by atoms with Gasteiger partial charge in [0.1, 0.15) is 0 Å². The Hall–Kier alpha value is -1.95. The molecule has 0 saturated heterocycles. The molecule has 0 bridgehead atoms. The van der Waals surface area contributed by atoms with Crippen LogP contribution >= 0.6 is 12.2 Å². The van der Waals surface area contributed by atoms with E-state index in [-0.39, 0.29) is 5.56 Å². The number of carbonyl (C=O) groups excluding carboxylic acids is 1. The van der Waals surface area contributed by atoms with Gasteiger partial charge in [-0.2, -0.15) is 5.10 Å². The van der Waals surface area contributed by atoms with Crippen molar-refractivity contribution in [1.29, 1.82) is 0 Å². The van der Waals surface area contributed by atoms with Gasteiger partial charge in [-0.05, 0) is 42.1 Å². The molecule has 0 unspecified atom stereocenters. The van der Waals surface area contributed by atoms with E-state index in [1.807, 2.05) is 0 Å². The van der Waals surface area contributed by atoms with Crippen molar-refractivity contribution in [1.82, 2.24) is 10.7 Å². The third-order valence-electron chi connectivity index (χ3n) is 3.95. The standard InChI is InChI=1S/C16H21N3O2S/c1-11-4-2-3-5-14(11)18-16(22)19-17-10-12-6-8-13(9-7-12)15(20)21/h6-11,14H,2-5H2,1H3,(H,20,21)(H2,18,19,22)/p-1/b17-10-/t11-,14+/m0/s1. The summed E-state index contributed by atoms with van der Waals surface area (Å²) in [4.78, 5) is 10.6. The van der Waals surface area contributed by atoms with Gasteiger partial charge in [0.05, 0.1) is 12.2 Å². The SMILES string of the molecule is C[C@H]1CCCC[C@H]1NC(=S)N/N=C\c1ccc(C(=O)[O-])cc1. The maximum Gasteiger partial charge on any atom is 0.187 e. The Balaban J connectivity index is 1.81. The molecule has 118 valence electrons. The monoisotopic (exact) mass is 318 g/mol. The van der Waals surface area contributed by atoms with Crippen LogP contribution in [0, 0.1) is 5.92 Å². The van der Waals surface area contributed by atoms with Gasteiger partial charge in [0.2, 0.25) is 0 Å². The summed E-state index contributed by atoms with van der Waals surface area (Å²) < 4.78 is 0. The summed E-state index contributed by atoms with van der Waals surface area (Å²) in [7, 11) is 0. The molecule has 1 aliphatic carbocycles. The van der Waals surface area contributed by atoms with E-state index < -0.39 is 5.97 Å². The van der Waals surface area contributed by atoms with E-state index in [0.29, 0.717) is 17.1 Å². The van der Waals surface area contributed by atoms with Crippen LogP contribution in [0.1, 0.15) is 48.5 Å². The van der Waals surface area contributed by atoms with Crippen LogP contribution in [0.5, 0.6) is 0 Å². The minimum absolute atomic E-state index is 0.147. The molecule has 0 aliphatic heterocycles. The first-order chi connectivity index (χ1) is 10.6. The predicted molar refractivity (Wildman–Crippen MR) is 88.7 cm³/mol. The number of thiocarbonyl (C=S) groups is 1. The highest BCUT2D eigenvalue weighted by Gasteiger charge is 2.21. The van der Waals surface area contributed by atoms with Gasteiger partial charge in [-0.25, -0.2) is 0 Å². The first-order valence-electron chi connectivity index (χ1n) is 7.47. The quantitative estimate of drug-likeness (QED) is 0.499. The van der Waals surface area contributed by atoms with E-state index in [1.54, 1.807) is 18.3 Å². The van der Waals surface area contributed by atoms with E-state index in [0.717, 1.165) is 12.0 Å². The third kappa shape index (κ3) is 4.80. The summed E-state index contributed by atoms with van der Waals surface area (Å²) in [5.74, 6) is -0.566. The average molecular weight is 318 g/mol. The fraction of sp³-hybridized carbons (Fsp3) is 0.438. The lowest BCUT2D eigenvalue weighted by molar-refractivity contribution is -0.255. The van der Waals surface area contributed by atoms with Crippen molar-refractivity contribution in [3.05, 3.63) is 35.4 Å². The number of carboxylic acids is 1. The van der Waals surface area contributed by atoms with Gasteiger partial charge in [-0.3, -0.25) is 5.43 Å². The summed E-state index contributed by atoms with van der Waals surface area (Å²) in [6, 6.07) is 6.70. The number of hydrogen-bond donors (Lipinski definition) is 2. The average Bonchev–Trinajstić information content (AvgIpc) is 2.50. The van der Waals surface area contributed by atoms with E-state index >= 15 is 0 Å². The zero-order valence-corrected chi connectivity index (χ0v) is 13.4. The highest BCUT2D eigenvalue weighted by Crippen LogP contribution is 2.23. The first kappa shape index (κ1) is 16.4. The minimum Gasteiger partial charge on any atom is -0.545 e. The predicted octanol–water partition coefficient (Wildman–Crippen LogP) is 1.43. The van der Waals surface area contributed by atoms with Gasteiger partial charge in [-0.15, -0.1) is 0 Å².